The molecule has 2 heterocycles. The Morgan fingerprint density at radius 3 is 2.81 bits per heavy atom. The molecule has 0 aliphatic heterocycles. The topological polar surface area (TPSA) is 24.9 Å². The van der Waals surface area contributed by atoms with Crippen LogP contribution in [0.1, 0.15) is 21.6 Å². The van der Waals surface area contributed by atoms with E-state index in [1.807, 2.05) is 14.0 Å². The summed E-state index contributed by atoms with van der Waals surface area (Å²) < 4.78 is 1.18. The Morgan fingerprint density at radius 1 is 1.50 bits per heavy atom. The van der Waals surface area contributed by atoms with Crippen LogP contribution >= 0.6 is 38.6 Å². The lowest BCUT2D eigenvalue weighted by Crippen LogP contribution is -2.18. The third-order valence-electron chi connectivity index (χ3n) is 2.39. The molecule has 1 unspecified atom stereocenters. The van der Waals surface area contributed by atoms with Crippen LogP contribution in [0.25, 0.3) is 0 Å². The van der Waals surface area contributed by atoms with E-state index in [0.717, 1.165) is 11.4 Å². The van der Waals surface area contributed by atoms with Gasteiger partial charge in [0.1, 0.15) is 0 Å². The minimum Gasteiger partial charge on any atom is -0.312 e. The second-order valence-electron chi connectivity index (χ2n) is 3.54. The van der Waals surface area contributed by atoms with Gasteiger partial charge in [-0.2, -0.15) is 0 Å². The average Bonchev–Trinajstić information content (AvgIpc) is 2.84. The van der Waals surface area contributed by atoms with E-state index < -0.39 is 0 Å². The SMILES string of the molecule is CNC(Cc1csc(C)n1)c1sccc1Br. The van der Waals surface area contributed by atoms with Gasteiger partial charge in [0.05, 0.1) is 10.7 Å². The third-order valence-corrected chi connectivity index (χ3v) is 5.20. The standard InChI is InChI=1S/C11H13BrN2S2/c1-7-14-8(6-16-7)5-10(13-2)11-9(12)3-4-15-11/h3-4,6,10,13H,5H2,1-2H3. The van der Waals surface area contributed by atoms with Gasteiger partial charge in [-0.15, -0.1) is 22.7 Å². The largest absolute Gasteiger partial charge is 0.312 e. The summed E-state index contributed by atoms with van der Waals surface area (Å²) in [4.78, 5) is 5.85. The fourth-order valence-corrected chi connectivity index (χ4v) is 3.98. The van der Waals surface area contributed by atoms with Gasteiger partial charge in [-0.1, -0.05) is 0 Å². The van der Waals surface area contributed by atoms with Crippen molar-refractivity contribution in [3.63, 3.8) is 0 Å². The summed E-state index contributed by atoms with van der Waals surface area (Å²) in [7, 11) is 2.00. The molecule has 1 N–H and O–H groups in total. The summed E-state index contributed by atoms with van der Waals surface area (Å²) in [5, 5.41) is 8.73. The van der Waals surface area contributed by atoms with Crippen LogP contribution in [0.4, 0.5) is 0 Å². The van der Waals surface area contributed by atoms with Gasteiger partial charge in [0.2, 0.25) is 0 Å². The van der Waals surface area contributed by atoms with Crippen molar-refractivity contribution in [1.29, 1.82) is 0 Å². The number of aryl methyl sites for hydroxylation is 1. The maximum absolute atomic E-state index is 4.51. The highest BCUT2D eigenvalue weighted by Gasteiger charge is 2.15. The van der Waals surface area contributed by atoms with Crippen molar-refractivity contribution in [1.82, 2.24) is 10.3 Å². The average molecular weight is 317 g/mol. The second-order valence-corrected chi connectivity index (χ2v) is 6.40. The Labute approximate surface area is 112 Å². The van der Waals surface area contributed by atoms with Crippen LogP contribution in [0.5, 0.6) is 0 Å². The van der Waals surface area contributed by atoms with Gasteiger partial charge in [0.15, 0.2) is 0 Å². The molecule has 0 amide bonds. The van der Waals surface area contributed by atoms with E-state index in [4.69, 9.17) is 0 Å². The summed E-state index contributed by atoms with van der Waals surface area (Å²) in [6, 6.07) is 2.44. The Balaban J connectivity index is 2.15. The van der Waals surface area contributed by atoms with Crippen molar-refractivity contribution in [3.8, 4) is 0 Å². The summed E-state index contributed by atoms with van der Waals surface area (Å²) >= 11 is 7.06. The molecule has 16 heavy (non-hydrogen) atoms. The summed E-state index contributed by atoms with van der Waals surface area (Å²) in [6.45, 7) is 2.05. The van der Waals surface area contributed by atoms with E-state index in [1.165, 1.54) is 15.0 Å². The summed E-state index contributed by atoms with van der Waals surface area (Å²) in [6.07, 6.45) is 0.944. The molecule has 0 bridgehead atoms. The predicted molar refractivity (Wildman–Crippen MR) is 74.4 cm³/mol. The van der Waals surface area contributed by atoms with Gasteiger partial charge in [-0.05, 0) is 41.3 Å². The normalized spacial score (nSPS) is 12.9. The van der Waals surface area contributed by atoms with E-state index in [9.17, 15) is 0 Å². The molecule has 0 aliphatic carbocycles. The first-order valence-corrected chi connectivity index (χ1v) is 7.57. The van der Waals surface area contributed by atoms with Crippen LogP contribution in [0.15, 0.2) is 21.3 Å². The molecule has 2 aromatic heterocycles. The molecule has 2 aromatic rings. The smallest absolute Gasteiger partial charge is 0.0897 e. The molecule has 1 atom stereocenters. The number of rotatable bonds is 4. The number of thiazole rings is 1. The van der Waals surface area contributed by atoms with Crippen LogP contribution < -0.4 is 5.32 Å². The van der Waals surface area contributed by atoms with E-state index in [-0.39, 0.29) is 0 Å². The number of nitrogens with zero attached hydrogens (tertiary/aromatic N) is 1. The van der Waals surface area contributed by atoms with Gasteiger partial charge in [-0.25, -0.2) is 4.98 Å². The minimum atomic E-state index is 0.343. The Hall–Kier alpha value is -0.230. The van der Waals surface area contributed by atoms with Crippen LogP contribution in [0.3, 0.4) is 0 Å². The molecule has 0 aliphatic rings. The Kier molecular flexibility index (Phi) is 4.13. The fraction of sp³-hybridized carbons (Fsp3) is 0.364. The van der Waals surface area contributed by atoms with Crippen LogP contribution in [-0.2, 0) is 6.42 Å². The number of hydrogen-bond acceptors (Lipinski definition) is 4. The van der Waals surface area contributed by atoms with Crippen molar-refractivity contribution in [3.05, 3.63) is 36.9 Å². The zero-order valence-corrected chi connectivity index (χ0v) is 12.4. The van der Waals surface area contributed by atoms with Gasteiger partial charge in [-0.3, -0.25) is 0 Å². The summed E-state index contributed by atoms with van der Waals surface area (Å²) in [5.41, 5.74) is 1.17. The molecule has 0 fully saturated rings. The number of nitrogens with one attached hydrogen (secondary N) is 1. The van der Waals surface area contributed by atoms with Crippen LogP contribution in [0, 0.1) is 6.92 Å². The Morgan fingerprint density at radius 2 is 2.31 bits per heavy atom. The molecule has 2 rings (SSSR count). The highest BCUT2D eigenvalue weighted by atomic mass is 79.9. The zero-order chi connectivity index (χ0) is 11.5. The lowest BCUT2D eigenvalue weighted by atomic mass is 10.1. The van der Waals surface area contributed by atoms with Gasteiger partial charge in [0, 0.05) is 27.2 Å². The first kappa shape index (κ1) is 12.2. The molecule has 0 spiro atoms. The maximum Gasteiger partial charge on any atom is 0.0897 e. The highest BCUT2D eigenvalue weighted by Crippen LogP contribution is 2.31. The van der Waals surface area contributed by atoms with Crippen LogP contribution in [-0.4, -0.2) is 12.0 Å². The fourth-order valence-electron chi connectivity index (χ4n) is 1.59. The van der Waals surface area contributed by atoms with E-state index in [0.29, 0.717) is 6.04 Å². The van der Waals surface area contributed by atoms with Crippen molar-refractivity contribution in [2.24, 2.45) is 0 Å². The first-order valence-electron chi connectivity index (χ1n) is 5.02. The summed E-state index contributed by atoms with van der Waals surface area (Å²) in [5.74, 6) is 0. The van der Waals surface area contributed by atoms with Gasteiger partial charge < -0.3 is 5.32 Å². The molecule has 86 valence electrons. The molecule has 0 aromatic carbocycles. The van der Waals surface area contributed by atoms with Crippen LogP contribution in [0.2, 0.25) is 0 Å². The highest BCUT2D eigenvalue weighted by molar-refractivity contribution is 9.10. The molecule has 2 nitrogen and oxygen atoms in total. The van der Waals surface area contributed by atoms with E-state index in [2.05, 4.69) is 43.1 Å². The predicted octanol–water partition coefficient (Wildman–Crippen LogP) is 3.78. The van der Waals surface area contributed by atoms with Crippen molar-refractivity contribution in [2.45, 2.75) is 19.4 Å². The number of halogens is 1. The number of hydrogen-bond donors (Lipinski definition) is 1. The maximum atomic E-state index is 4.51. The molecule has 5 heteroatoms. The van der Waals surface area contributed by atoms with Gasteiger partial charge >= 0.3 is 0 Å². The zero-order valence-electron chi connectivity index (χ0n) is 9.16. The minimum absolute atomic E-state index is 0.343. The Bertz CT molecular complexity index is 464. The third kappa shape index (κ3) is 2.71. The van der Waals surface area contributed by atoms with Crippen molar-refractivity contribution >= 4 is 38.6 Å². The van der Waals surface area contributed by atoms with E-state index in [1.54, 1.807) is 22.7 Å². The number of aromatic nitrogens is 1. The number of likely N-dealkylation sites (N-methyl/N-ethyl adjacent to an activating group) is 1. The van der Waals surface area contributed by atoms with Gasteiger partial charge in [0.25, 0.3) is 0 Å². The number of thiophene rings is 1. The quantitative estimate of drug-likeness (QED) is 0.928. The molecular formula is C11H13BrN2S2. The molecule has 0 radical (unpaired) electrons. The molecule has 0 saturated carbocycles. The second kappa shape index (κ2) is 5.40. The monoisotopic (exact) mass is 316 g/mol. The first-order chi connectivity index (χ1) is 7.70. The molecular weight excluding hydrogens is 304 g/mol. The molecule has 0 saturated heterocycles. The van der Waals surface area contributed by atoms with Crippen molar-refractivity contribution in [2.75, 3.05) is 7.05 Å². The van der Waals surface area contributed by atoms with E-state index >= 15 is 0 Å². The lowest BCUT2D eigenvalue weighted by Gasteiger charge is -2.13. The lowest BCUT2D eigenvalue weighted by molar-refractivity contribution is 0.593. The van der Waals surface area contributed by atoms with Crippen molar-refractivity contribution < 1.29 is 0 Å².